The van der Waals surface area contributed by atoms with E-state index >= 15 is 0 Å². The molecular formula is C12H12Cl3N3. The molecule has 0 saturated carbocycles. The number of benzene rings is 1. The monoisotopic (exact) mass is 303 g/mol. The fourth-order valence-corrected chi connectivity index (χ4v) is 2.40. The number of nitrogens with zero attached hydrogens (tertiary/aromatic N) is 3. The molecule has 0 saturated heterocycles. The molecule has 2 rings (SSSR count). The summed E-state index contributed by atoms with van der Waals surface area (Å²) in [6.07, 6.45) is 3.35. The van der Waals surface area contributed by atoms with Crippen molar-refractivity contribution in [2.24, 2.45) is 0 Å². The van der Waals surface area contributed by atoms with E-state index in [0.717, 1.165) is 24.2 Å². The molecule has 6 heteroatoms. The third-order valence-electron chi connectivity index (χ3n) is 2.68. The highest BCUT2D eigenvalue weighted by molar-refractivity contribution is 6.44. The van der Waals surface area contributed by atoms with Crippen molar-refractivity contribution in [2.45, 2.75) is 26.3 Å². The number of aromatic nitrogens is 3. The molecule has 1 aromatic carbocycles. The zero-order valence-electron chi connectivity index (χ0n) is 9.83. The minimum Gasteiger partial charge on any atom is -0.253 e. The molecule has 0 N–H and O–H groups in total. The van der Waals surface area contributed by atoms with Crippen LogP contribution in [-0.2, 0) is 19.4 Å². The van der Waals surface area contributed by atoms with Crippen LogP contribution in [0.15, 0.2) is 18.3 Å². The topological polar surface area (TPSA) is 30.7 Å². The Bertz CT molecular complexity index is 551. The molecule has 0 atom stereocenters. The van der Waals surface area contributed by atoms with Crippen LogP contribution in [0.2, 0.25) is 15.1 Å². The highest BCUT2D eigenvalue weighted by Crippen LogP contribution is 2.32. The molecule has 2 aromatic rings. The maximum Gasteiger partial charge on any atom is 0.0830 e. The van der Waals surface area contributed by atoms with E-state index in [2.05, 4.69) is 10.3 Å². The van der Waals surface area contributed by atoms with E-state index in [1.807, 2.05) is 13.1 Å². The smallest absolute Gasteiger partial charge is 0.0830 e. The number of hydrogen-bond donors (Lipinski definition) is 0. The third-order valence-corrected chi connectivity index (χ3v) is 3.88. The molecule has 96 valence electrons. The number of aryl methyl sites for hydroxylation is 2. The van der Waals surface area contributed by atoms with Crippen LogP contribution < -0.4 is 0 Å². The Balaban J connectivity index is 2.12. The predicted octanol–water partition coefficient (Wildman–Crippen LogP) is 4.04. The molecule has 18 heavy (non-hydrogen) atoms. The standard InChI is InChI=1S/C12H12Cl3N3/c1-2-18-7-8(16-17-18)3-4-9-10(13)5-6-11(14)12(9)15/h5-7H,2-4H2,1H3. The summed E-state index contributed by atoms with van der Waals surface area (Å²) < 4.78 is 1.79. The highest BCUT2D eigenvalue weighted by Gasteiger charge is 2.10. The SMILES string of the molecule is CCn1cc(CCc2c(Cl)ccc(Cl)c2Cl)nn1. The Labute approximate surface area is 121 Å². The molecule has 0 aliphatic heterocycles. The molecule has 0 amide bonds. The maximum atomic E-state index is 6.14. The summed E-state index contributed by atoms with van der Waals surface area (Å²) in [5.74, 6) is 0. The van der Waals surface area contributed by atoms with Gasteiger partial charge < -0.3 is 0 Å². The van der Waals surface area contributed by atoms with Gasteiger partial charge in [0.1, 0.15) is 0 Å². The normalized spacial score (nSPS) is 10.9. The Morgan fingerprint density at radius 3 is 2.50 bits per heavy atom. The molecule has 0 spiro atoms. The first kappa shape index (κ1) is 13.7. The molecule has 1 heterocycles. The first-order chi connectivity index (χ1) is 8.61. The van der Waals surface area contributed by atoms with Gasteiger partial charge in [0, 0.05) is 17.8 Å². The molecule has 0 aliphatic carbocycles. The van der Waals surface area contributed by atoms with Crippen molar-refractivity contribution < 1.29 is 0 Å². The van der Waals surface area contributed by atoms with E-state index in [-0.39, 0.29) is 0 Å². The summed E-state index contributed by atoms with van der Waals surface area (Å²) in [5, 5.41) is 9.74. The summed E-state index contributed by atoms with van der Waals surface area (Å²) in [6.45, 7) is 2.83. The molecule has 0 fully saturated rings. The lowest BCUT2D eigenvalue weighted by atomic mass is 10.1. The molecule has 3 nitrogen and oxygen atoms in total. The van der Waals surface area contributed by atoms with Crippen LogP contribution in [0.1, 0.15) is 18.2 Å². The average molecular weight is 305 g/mol. The van der Waals surface area contributed by atoms with Crippen LogP contribution >= 0.6 is 34.8 Å². The van der Waals surface area contributed by atoms with Crippen LogP contribution in [0.25, 0.3) is 0 Å². The van der Waals surface area contributed by atoms with E-state index in [9.17, 15) is 0 Å². The zero-order valence-corrected chi connectivity index (χ0v) is 12.1. The van der Waals surface area contributed by atoms with Crippen molar-refractivity contribution in [3.63, 3.8) is 0 Å². The summed E-state index contributed by atoms with van der Waals surface area (Å²) in [6, 6.07) is 3.46. The summed E-state index contributed by atoms with van der Waals surface area (Å²) in [7, 11) is 0. The first-order valence-corrected chi connectivity index (χ1v) is 6.76. The Morgan fingerprint density at radius 1 is 1.11 bits per heavy atom. The largest absolute Gasteiger partial charge is 0.253 e. The average Bonchev–Trinajstić information content (AvgIpc) is 2.82. The van der Waals surface area contributed by atoms with Gasteiger partial charge in [-0.2, -0.15) is 0 Å². The molecular weight excluding hydrogens is 293 g/mol. The molecule has 0 unspecified atom stereocenters. The van der Waals surface area contributed by atoms with Crippen molar-refractivity contribution in [3.8, 4) is 0 Å². The predicted molar refractivity (Wildman–Crippen MR) is 74.6 cm³/mol. The van der Waals surface area contributed by atoms with Crippen LogP contribution in [0.4, 0.5) is 0 Å². The van der Waals surface area contributed by atoms with Crippen molar-refractivity contribution >= 4 is 34.8 Å². The fraction of sp³-hybridized carbons (Fsp3) is 0.333. The van der Waals surface area contributed by atoms with Gasteiger partial charge in [-0.25, -0.2) is 0 Å². The second-order valence-corrected chi connectivity index (χ2v) is 5.08. The van der Waals surface area contributed by atoms with E-state index in [0.29, 0.717) is 21.5 Å². The molecule has 0 aliphatic rings. The Kier molecular flexibility index (Phi) is 4.49. The van der Waals surface area contributed by atoms with E-state index in [1.54, 1.807) is 16.8 Å². The van der Waals surface area contributed by atoms with Gasteiger partial charge in [0.25, 0.3) is 0 Å². The van der Waals surface area contributed by atoms with Gasteiger partial charge in [0.15, 0.2) is 0 Å². The van der Waals surface area contributed by atoms with Crippen LogP contribution in [0.5, 0.6) is 0 Å². The lowest BCUT2D eigenvalue weighted by Crippen LogP contribution is -1.95. The molecule has 1 aromatic heterocycles. The third kappa shape index (κ3) is 2.97. The van der Waals surface area contributed by atoms with Crippen molar-refractivity contribution in [1.82, 2.24) is 15.0 Å². The van der Waals surface area contributed by atoms with Gasteiger partial charge in [0.2, 0.25) is 0 Å². The Morgan fingerprint density at radius 2 is 1.83 bits per heavy atom. The second-order valence-electron chi connectivity index (χ2n) is 3.89. The van der Waals surface area contributed by atoms with Crippen molar-refractivity contribution in [2.75, 3.05) is 0 Å². The fourth-order valence-electron chi connectivity index (χ4n) is 1.66. The summed E-state index contributed by atoms with van der Waals surface area (Å²) in [5.41, 5.74) is 1.78. The van der Waals surface area contributed by atoms with Gasteiger partial charge in [-0.1, -0.05) is 40.0 Å². The quantitative estimate of drug-likeness (QED) is 0.798. The van der Waals surface area contributed by atoms with Gasteiger partial charge in [-0.15, -0.1) is 5.10 Å². The van der Waals surface area contributed by atoms with E-state index in [4.69, 9.17) is 34.8 Å². The van der Waals surface area contributed by atoms with Crippen LogP contribution in [0, 0.1) is 0 Å². The lowest BCUT2D eigenvalue weighted by Gasteiger charge is -2.07. The lowest BCUT2D eigenvalue weighted by molar-refractivity contribution is 0.626. The number of hydrogen-bond acceptors (Lipinski definition) is 2. The van der Waals surface area contributed by atoms with E-state index in [1.165, 1.54) is 0 Å². The van der Waals surface area contributed by atoms with E-state index < -0.39 is 0 Å². The first-order valence-electron chi connectivity index (χ1n) is 5.63. The van der Waals surface area contributed by atoms with Crippen molar-refractivity contribution in [1.29, 1.82) is 0 Å². The molecule has 0 radical (unpaired) electrons. The van der Waals surface area contributed by atoms with Gasteiger partial charge in [-0.3, -0.25) is 4.68 Å². The number of rotatable bonds is 4. The highest BCUT2D eigenvalue weighted by atomic mass is 35.5. The maximum absolute atomic E-state index is 6.14. The minimum atomic E-state index is 0.520. The summed E-state index contributed by atoms with van der Waals surface area (Å²) >= 11 is 18.2. The van der Waals surface area contributed by atoms with Crippen molar-refractivity contribution in [3.05, 3.63) is 44.7 Å². The van der Waals surface area contributed by atoms with Gasteiger partial charge >= 0.3 is 0 Å². The van der Waals surface area contributed by atoms with Gasteiger partial charge in [0.05, 0.1) is 15.7 Å². The second kappa shape index (κ2) is 5.91. The summed E-state index contributed by atoms with van der Waals surface area (Å²) in [4.78, 5) is 0. The van der Waals surface area contributed by atoms with Crippen LogP contribution in [0.3, 0.4) is 0 Å². The minimum absolute atomic E-state index is 0.520. The van der Waals surface area contributed by atoms with Gasteiger partial charge in [-0.05, 0) is 37.5 Å². The molecule has 0 bridgehead atoms. The Hall–Kier alpha value is -0.770. The zero-order chi connectivity index (χ0) is 13.1. The van der Waals surface area contributed by atoms with Crippen LogP contribution in [-0.4, -0.2) is 15.0 Å². The number of halogens is 3.